The Morgan fingerprint density at radius 3 is 2.60 bits per heavy atom. The fourth-order valence-corrected chi connectivity index (χ4v) is 2.56. The lowest BCUT2D eigenvalue weighted by molar-refractivity contribution is 1.08. The molecule has 0 aliphatic heterocycles. The minimum atomic E-state index is 0.427. The van der Waals surface area contributed by atoms with Crippen LogP contribution in [0.2, 0.25) is 10.0 Å². The van der Waals surface area contributed by atoms with Gasteiger partial charge in [0, 0.05) is 17.2 Å². The molecule has 0 atom stereocenters. The van der Waals surface area contributed by atoms with Crippen molar-refractivity contribution < 1.29 is 0 Å². The van der Waals surface area contributed by atoms with Crippen molar-refractivity contribution in [1.29, 1.82) is 0 Å². The van der Waals surface area contributed by atoms with E-state index in [4.69, 9.17) is 23.2 Å². The highest BCUT2D eigenvalue weighted by Crippen LogP contribution is 2.37. The van der Waals surface area contributed by atoms with Gasteiger partial charge in [-0.1, -0.05) is 23.2 Å². The molecule has 0 spiro atoms. The molecule has 8 heteroatoms. The number of nitrogens with zero attached hydrogens (tertiary/aromatic N) is 2. The number of halogens is 4. The van der Waals surface area contributed by atoms with Crippen molar-refractivity contribution in [3.05, 3.63) is 37.3 Å². The molecule has 4 nitrogen and oxygen atoms in total. The fourth-order valence-electron chi connectivity index (χ4n) is 1.45. The molecule has 2 aromatic rings. The first-order valence-corrected chi connectivity index (χ1v) is 8.04. The van der Waals surface area contributed by atoms with E-state index in [9.17, 15) is 0 Å². The first kappa shape index (κ1) is 15.8. The smallest absolute Gasteiger partial charge is 0.224 e. The molecule has 0 saturated heterocycles. The lowest BCUT2D eigenvalue weighted by Gasteiger charge is -2.12. The summed E-state index contributed by atoms with van der Waals surface area (Å²) in [6, 6.07) is 3.64. The maximum absolute atomic E-state index is 6.20. The second kappa shape index (κ2) is 6.93. The number of hydrogen-bond acceptors (Lipinski definition) is 4. The summed E-state index contributed by atoms with van der Waals surface area (Å²) < 4.78 is 1.47. The van der Waals surface area contributed by atoms with E-state index in [1.165, 1.54) is 0 Å². The quantitative estimate of drug-likeness (QED) is 0.618. The highest BCUT2D eigenvalue weighted by Gasteiger charge is 2.11. The number of aromatic nitrogens is 2. The van der Waals surface area contributed by atoms with Crippen LogP contribution in [0.3, 0.4) is 0 Å². The first-order valence-electron chi connectivity index (χ1n) is 5.69. The van der Waals surface area contributed by atoms with Crippen molar-refractivity contribution in [2.45, 2.75) is 6.92 Å². The minimum Gasteiger partial charge on any atom is -0.354 e. The molecule has 106 valence electrons. The van der Waals surface area contributed by atoms with Gasteiger partial charge in [0.2, 0.25) is 5.95 Å². The third-order valence-corrected chi connectivity index (χ3v) is 4.72. The van der Waals surface area contributed by atoms with Crippen molar-refractivity contribution in [2.24, 2.45) is 0 Å². The van der Waals surface area contributed by atoms with Crippen LogP contribution in [0, 0.1) is 0 Å². The molecule has 1 heterocycles. The van der Waals surface area contributed by atoms with Gasteiger partial charge in [-0.15, -0.1) is 0 Å². The summed E-state index contributed by atoms with van der Waals surface area (Å²) >= 11 is 19.0. The number of rotatable bonds is 4. The van der Waals surface area contributed by atoms with Crippen LogP contribution >= 0.6 is 55.1 Å². The average Bonchev–Trinajstić information content (AvgIpc) is 2.43. The van der Waals surface area contributed by atoms with Gasteiger partial charge in [-0.3, -0.25) is 0 Å². The molecule has 0 bridgehead atoms. The molecule has 0 amide bonds. The van der Waals surface area contributed by atoms with Crippen LogP contribution < -0.4 is 10.6 Å². The number of benzene rings is 1. The second-order valence-electron chi connectivity index (χ2n) is 3.77. The van der Waals surface area contributed by atoms with Gasteiger partial charge in [0.15, 0.2) is 0 Å². The van der Waals surface area contributed by atoms with Gasteiger partial charge in [-0.05, 0) is 50.9 Å². The van der Waals surface area contributed by atoms with Crippen LogP contribution in [0.4, 0.5) is 17.5 Å². The molecule has 2 N–H and O–H groups in total. The summed E-state index contributed by atoms with van der Waals surface area (Å²) in [6.07, 6.45) is 1.67. The van der Waals surface area contributed by atoms with Crippen molar-refractivity contribution in [2.75, 3.05) is 17.2 Å². The Kier molecular flexibility index (Phi) is 5.49. The molecule has 0 fully saturated rings. The van der Waals surface area contributed by atoms with E-state index >= 15 is 0 Å². The minimum absolute atomic E-state index is 0.427. The molecule has 0 aliphatic carbocycles. The third-order valence-electron chi connectivity index (χ3n) is 2.37. The van der Waals surface area contributed by atoms with Crippen LogP contribution in [0.15, 0.2) is 27.3 Å². The van der Waals surface area contributed by atoms with Gasteiger partial charge < -0.3 is 10.6 Å². The molecule has 1 aromatic heterocycles. The van der Waals surface area contributed by atoms with Gasteiger partial charge in [0.1, 0.15) is 5.82 Å². The van der Waals surface area contributed by atoms with Crippen molar-refractivity contribution in [3.8, 4) is 0 Å². The zero-order valence-electron chi connectivity index (χ0n) is 10.3. The van der Waals surface area contributed by atoms with E-state index in [-0.39, 0.29) is 0 Å². The summed E-state index contributed by atoms with van der Waals surface area (Å²) in [5.41, 5.74) is 0.668. The fraction of sp³-hybridized carbons (Fsp3) is 0.167. The summed E-state index contributed by atoms with van der Waals surface area (Å²) in [4.78, 5) is 8.51. The zero-order chi connectivity index (χ0) is 14.7. The predicted octanol–water partition coefficient (Wildman–Crippen LogP) is 5.48. The Morgan fingerprint density at radius 2 is 1.90 bits per heavy atom. The summed E-state index contributed by atoms with van der Waals surface area (Å²) in [6.45, 7) is 2.72. The number of anilines is 3. The largest absolute Gasteiger partial charge is 0.354 e. The third kappa shape index (κ3) is 3.55. The van der Waals surface area contributed by atoms with Gasteiger partial charge in [-0.2, -0.15) is 4.98 Å². The lowest BCUT2D eigenvalue weighted by atomic mass is 10.3. The molecule has 1 aromatic carbocycles. The summed E-state index contributed by atoms with van der Waals surface area (Å²) in [5, 5.41) is 7.06. The van der Waals surface area contributed by atoms with E-state index in [1.54, 1.807) is 6.20 Å². The molecule has 0 unspecified atom stereocenters. The monoisotopic (exact) mass is 438 g/mol. The molecule has 2 rings (SSSR count). The highest BCUT2D eigenvalue weighted by atomic mass is 79.9. The van der Waals surface area contributed by atoms with Crippen LogP contribution in [0.25, 0.3) is 0 Å². The average molecular weight is 441 g/mol. The molecule has 0 saturated carbocycles. The van der Waals surface area contributed by atoms with Gasteiger partial charge in [0.25, 0.3) is 0 Å². The standard InChI is InChI=1S/C12H10Br2Cl2N4/c1-2-17-12-18-5-7(14)11(20-12)19-8-4-3-6(13)9(15)10(8)16/h3-5H,2H2,1H3,(H2,17,18,19,20). The van der Waals surface area contributed by atoms with E-state index < -0.39 is 0 Å². The van der Waals surface area contributed by atoms with Gasteiger partial charge in [0.05, 0.1) is 20.2 Å². The van der Waals surface area contributed by atoms with Crippen molar-refractivity contribution in [3.63, 3.8) is 0 Å². The van der Waals surface area contributed by atoms with Gasteiger partial charge in [-0.25, -0.2) is 4.98 Å². The Labute approximate surface area is 143 Å². The Balaban J connectivity index is 2.34. The van der Waals surface area contributed by atoms with Crippen molar-refractivity contribution in [1.82, 2.24) is 9.97 Å². The molecule has 0 aliphatic rings. The lowest BCUT2D eigenvalue weighted by Crippen LogP contribution is -2.04. The number of hydrogen-bond donors (Lipinski definition) is 2. The normalized spacial score (nSPS) is 10.4. The van der Waals surface area contributed by atoms with E-state index in [2.05, 4.69) is 52.5 Å². The zero-order valence-corrected chi connectivity index (χ0v) is 15.0. The molecular formula is C12H10Br2Cl2N4. The highest BCUT2D eigenvalue weighted by molar-refractivity contribution is 9.11. The Bertz CT molecular complexity index is 637. The molecule has 0 radical (unpaired) electrons. The van der Waals surface area contributed by atoms with Crippen LogP contribution in [0.5, 0.6) is 0 Å². The van der Waals surface area contributed by atoms with Crippen LogP contribution in [0.1, 0.15) is 6.92 Å². The Hall–Kier alpha value is -0.560. The summed E-state index contributed by atoms with van der Waals surface area (Å²) in [7, 11) is 0. The maximum Gasteiger partial charge on any atom is 0.224 e. The van der Waals surface area contributed by atoms with E-state index in [0.29, 0.717) is 27.5 Å². The van der Waals surface area contributed by atoms with Gasteiger partial charge >= 0.3 is 0 Å². The van der Waals surface area contributed by atoms with E-state index in [0.717, 1.165) is 15.5 Å². The Morgan fingerprint density at radius 1 is 1.15 bits per heavy atom. The maximum atomic E-state index is 6.20. The van der Waals surface area contributed by atoms with Crippen LogP contribution in [-0.4, -0.2) is 16.5 Å². The van der Waals surface area contributed by atoms with Crippen LogP contribution in [-0.2, 0) is 0 Å². The predicted molar refractivity (Wildman–Crippen MR) is 91.3 cm³/mol. The molecular weight excluding hydrogens is 431 g/mol. The summed E-state index contributed by atoms with van der Waals surface area (Å²) in [5.74, 6) is 1.15. The van der Waals surface area contributed by atoms with E-state index in [1.807, 2.05) is 19.1 Å². The SMILES string of the molecule is CCNc1ncc(Br)c(Nc2ccc(Br)c(Cl)c2Cl)n1. The first-order chi connectivity index (χ1) is 9.52. The number of nitrogens with one attached hydrogen (secondary N) is 2. The van der Waals surface area contributed by atoms with Crippen molar-refractivity contribution >= 4 is 72.5 Å². The topological polar surface area (TPSA) is 49.8 Å². The molecule has 20 heavy (non-hydrogen) atoms. The second-order valence-corrected chi connectivity index (χ2v) is 6.23.